The molecular formula is C21H22N4O4S2. The van der Waals surface area contributed by atoms with Crippen LogP contribution in [0.3, 0.4) is 0 Å². The van der Waals surface area contributed by atoms with Gasteiger partial charge in [0.1, 0.15) is 10.8 Å². The van der Waals surface area contributed by atoms with Crippen molar-refractivity contribution in [2.75, 3.05) is 17.7 Å². The molecule has 0 aliphatic heterocycles. The monoisotopic (exact) mass is 458 g/mol. The van der Waals surface area contributed by atoms with E-state index in [9.17, 15) is 14.4 Å². The van der Waals surface area contributed by atoms with E-state index in [1.165, 1.54) is 18.7 Å². The van der Waals surface area contributed by atoms with Gasteiger partial charge < -0.3 is 10.1 Å². The van der Waals surface area contributed by atoms with Crippen LogP contribution in [0, 0.1) is 6.92 Å². The number of esters is 1. The van der Waals surface area contributed by atoms with Crippen LogP contribution >= 0.6 is 23.1 Å². The molecule has 0 fully saturated rings. The third kappa shape index (κ3) is 5.80. The number of H-pyrrole nitrogens is 1. The molecule has 0 bridgehead atoms. The maximum absolute atomic E-state index is 12.5. The van der Waals surface area contributed by atoms with Gasteiger partial charge in [0, 0.05) is 6.42 Å². The van der Waals surface area contributed by atoms with E-state index in [0.717, 1.165) is 16.9 Å². The summed E-state index contributed by atoms with van der Waals surface area (Å²) in [6, 6.07) is 9.87. The number of ether oxygens (including phenoxy) is 1. The molecule has 2 N–H and O–H groups in total. The van der Waals surface area contributed by atoms with Crippen molar-refractivity contribution in [3.63, 3.8) is 0 Å². The van der Waals surface area contributed by atoms with Crippen molar-refractivity contribution in [1.82, 2.24) is 15.2 Å². The molecule has 1 aromatic carbocycles. The molecule has 31 heavy (non-hydrogen) atoms. The van der Waals surface area contributed by atoms with E-state index in [4.69, 9.17) is 4.74 Å². The van der Waals surface area contributed by atoms with Gasteiger partial charge in [-0.25, -0.2) is 9.78 Å². The van der Waals surface area contributed by atoms with Crippen LogP contribution in [0.25, 0.3) is 0 Å². The summed E-state index contributed by atoms with van der Waals surface area (Å²) in [4.78, 5) is 41.5. The van der Waals surface area contributed by atoms with Gasteiger partial charge in [-0.15, -0.1) is 16.4 Å². The van der Waals surface area contributed by atoms with E-state index in [1.54, 1.807) is 13.8 Å². The first-order chi connectivity index (χ1) is 14.9. The Morgan fingerprint density at radius 1 is 1.23 bits per heavy atom. The summed E-state index contributed by atoms with van der Waals surface area (Å²) in [5.41, 5.74) is 1.84. The van der Waals surface area contributed by atoms with E-state index < -0.39 is 5.97 Å². The lowest BCUT2D eigenvalue weighted by atomic mass is 10.1. The molecule has 0 aliphatic rings. The molecule has 3 aromatic rings. The van der Waals surface area contributed by atoms with Crippen LogP contribution in [0.5, 0.6) is 0 Å². The fourth-order valence-electron chi connectivity index (χ4n) is 2.89. The van der Waals surface area contributed by atoms with Gasteiger partial charge in [-0.2, -0.15) is 0 Å². The van der Waals surface area contributed by atoms with Crippen LogP contribution in [0.1, 0.15) is 50.8 Å². The normalized spacial score (nSPS) is 10.7. The van der Waals surface area contributed by atoms with E-state index in [2.05, 4.69) is 20.5 Å². The van der Waals surface area contributed by atoms with Gasteiger partial charge in [0.2, 0.25) is 11.1 Å². The third-order valence-corrected chi connectivity index (χ3v) is 6.41. The van der Waals surface area contributed by atoms with Gasteiger partial charge in [0.15, 0.2) is 5.78 Å². The number of benzene rings is 1. The van der Waals surface area contributed by atoms with Gasteiger partial charge >= 0.3 is 5.97 Å². The first kappa shape index (κ1) is 22.7. The number of aromatic amines is 1. The number of amides is 1. The van der Waals surface area contributed by atoms with Crippen molar-refractivity contribution >= 4 is 45.8 Å². The minimum atomic E-state index is -0.564. The number of nitrogens with one attached hydrogen (secondary N) is 2. The van der Waals surface area contributed by atoms with Crippen molar-refractivity contribution in [3.8, 4) is 0 Å². The lowest BCUT2D eigenvalue weighted by Crippen LogP contribution is -2.16. The molecular weight excluding hydrogens is 436 g/mol. The Morgan fingerprint density at radius 3 is 2.65 bits per heavy atom. The number of Topliss-reactive ketones (excluding diaryl/α,β-unsaturated/α-hetero) is 1. The third-order valence-electron chi connectivity index (χ3n) is 4.26. The van der Waals surface area contributed by atoms with Crippen molar-refractivity contribution in [2.45, 2.75) is 32.3 Å². The van der Waals surface area contributed by atoms with Gasteiger partial charge in [-0.3, -0.25) is 14.7 Å². The van der Waals surface area contributed by atoms with Crippen LogP contribution in [0.15, 0.2) is 35.5 Å². The summed E-state index contributed by atoms with van der Waals surface area (Å²) in [6.07, 6.45) is 0.617. The van der Waals surface area contributed by atoms with Crippen LogP contribution < -0.4 is 5.32 Å². The molecule has 0 spiro atoms. The maximum atomic E-state index is 12.5. The highest BCUT2D eigenvalue weighted by Gasteiger charge is 2.25. The first-order valence-corrected chi connectivity index (χ1v) is 11.4. The van der Waals surface area contributed by atoms with Crippen molar-refractivity contribution in [2.24, 2.45) is 0 Å². The zero-order chi connectivity index (χ0) is 22.4. The molecule has 8 nitrogen and oxygen atoms in total. The Labute approximate surface area is 187 Å². The Kier molecular flexibility index (Phi) is 7.59. The van der Waals surface area contributed by atoms with E-state index in [-0.39, 0.29) is 29.6 Å². The van der Waals surface area contributed by atoms with E-state index in [0.29, 0.717) is 32.8 Å². The molecule has 0 radical (unpaired) electrons. The molecule has 0 atom stereocenters. The highest BCUT2D eigenvalue weighted by Crippen LogP contribution is 2.34. The lowest BCUT2D eigenvalue weighted by Gasteiger charge is -2.06. The minimum absolute atomic E-state index is 0.0528. The summed E-state index contributed by atoms with van der Waals surface area (Å²) in [5, 5.41) is 10.5. The predicted molar refractivity (Wildman–Crippen MR) is 120 cm³/mol. The largest absolute Gasteiger partial charge is 0.462 e. The number of thiophene rings is 1. The van der Waals surface area contributed by atoms with Crippen LogP contribution in [0.2, 0.25) is 0 Å². The number of rotatable bonds is 9. The van der Waals surface area contributed by atoms with E-state index >= 15 is 0 Å². The fourth-order valence-corrected chi connectivity index (χ4v) is 4.61. The fraction of sp³-hybridized carbons (Fsp3) is 0.286. The first-order valence-electron chi connectivity index (χ1n) is 9.58. The number of nitrogens with zero attached hydrogens (tertiary/aromatic N) is 2. The smallest absolute Gasteiger partial charge is 0.341 e. The number of hydrogen-bond acceptors (Lipinski definition) is 8. The van der Waals surface area contributed by atoms with Crippen molar-refractivity contribution in [1.29, 1.82) is 0 Å². The maximum Gasteiger partial charge on any atom is 0.341 e. The minimum Gasteiger partial charge on any atom is -0.462 e. The highest BCUT2D eigenvalue weighted by molar-refractivity contribution is 7.99. The second-order valence-corrected chi connectivity index (χ2v) is 8.56. The second kappa shape index (κ2) is 10.4. The standard InChI is InChI=1S/C21H22N4O4S2/c1-4-29-20(28)17-12(2)18(13(3)26)31-19(17)23-16(27)11-30-21-22-15(24-25-21)10-14-8-6-5-7-9-14/h5-9H,4,10-11H2,1-3H3,(H,23,27)(H,22,24,25). The van der Waals surface area contributed by atoms with Gasteiger partial charge in [-0.05, 0) is 31.9 Å². The molecule has 10 heteroatoms. The Morgan fingerprint density at radius 2 is 1.97 bits per heavy atom. The Bertz CT molecular complexity index is 1090. The number of thioether (sulfide) groups is 1. The number of ketones is 1. The topological polar surface area (TPSA) is 114 Å². The number of anilines is 1. The van der Waals surface area contributed by atoms with Gasteiger partial charge in [-0.1, -0.05) is 42.1 Å². The molecule has 2 heterocycles. The molecule has 2 aromatic heterocycles. The summed E-state index contributed by atoms with van der Waals surface area (Å²) in [6.45, 7) is 4.99. The summed E-state index contributed by atoms with van der Waals surface area (Å²) >= 11 is 2.25. The molecule has 0 unspecified atom stereocenters. The van der Waals surface area contributed by atoms with Crippen molar-refractivity contribution < 1.29 is 19.1 Å². The quantitative estimate of drug-likeness (QED) is 0.284. The number of hydrogen-bond donors (Lipinski definition) is 2. The summed E-state index contributed by atoms with van der Waals surface area (Å²) in [7, 11) is 0. The van der Waals surface area contributed by atoms with Crippen LogP contribution in [-0.2, 0) is 16.0 Å². The van der Waals surface area contributed by atoms with Gasteiger partial charge in [0.25, 0.3) is 0 Å². The zero-order valence-electron chi connectivity index (χ0n) is 17.4. The SMILES string of the molecule is CCOC(=O)c1c(NC(=O)CSc2n[nH]c(Cc3ccccc3)n2)sc(C(C)=O)c1C. The predicted octanol–water partition coefficient (Wildman–Crippen LogP) is 3.88. The summed E-state index contributed by atoms with van der Waals surface area (Å²) < 4.78 is 5.08. The average Bonchev–Trinajstić information content (AvgIpc) is 3.31. The molecule has 3 rings (SSSR count). The molecule has 0 saturated heterocycles. The zero-order valence-corrected chi connectivity index (χ0v) is 19.0. The second-order valence-electron chi connectivity index (χ2n) is 6.60. The van der Waals surface area contributed by atoms with Crippen molar-refractivity contribution in [3.05, 3.63) is 57.7 Å². The Balaban J connectivity index is 1.64. The Hall–Kier alpha value is -2.98. The van der Waals surface area contributed by atoms with Gasteiger partial charge in [0.05, 0.1) is 22.8 Å². The van der Waals surface area contributed by atoms with E-state index in [1.807, 2.05) is 30.3 Å². The average molecular weight is 459 g/mol. The van der Waals surface area contributed by atoms with Crippen LogP contribution in [0.4, 0.5) is 5.00 Å². The lowest BCUT2D eigenvalue weighted by molar-refractivity contribution is -0.113. The molecule has 0 saturated carbocycles. The summed E-state index contributed by atoms with van der Waals surface area (Å²) in [5.74, 6) is -0.308. The molecule has 1 amide bonds. The van der Waals surface area contributed by atoms with Crippen LogP contribution in [-0.4, -0.2) is 45.2 Å². The molecule has 0 aliphatic carbocycles. The number of aromatic nitrogens is 3. The number of carbonyl (C=O) groups excluding carboxylic acids is 3. The highest BCUT2D eigenvalue weighted by atomic mass is 32.2. The number of carbonyl (C=O) groups is 3. The molecule has 162 valence electrons.